The van der Waals surface area contributed by atoms with Crippen molar-refractivity contribution in [1.82, 2.24) is 0 Å². The molecule has 0 aromatic heterocycles. The quantitative estimate of drug-likeness (QED) is 0.627. The third kappa shape index (κ3) is 3.69. The van der Waals surface area contributed by atoms with Gasteiger partial charge in [0.25, 0.3) is 0 Å². The molecule has 2 aromatic carbocycles. The maximum Gasteiger partial charge on any atom is 0.334 e. The summed E-state index contributed by atoms with van der Waals surface area (Å²) in [6.45, 7) is 0. The highest BCUT2D eigenvalue weighted by Crippen LogP contribution is 2.30. The van der Waals surface area contributed by atoms with Crippen molar-refractivity contribution in [3.63, 3.8) is 0 Å². The van der Waals surface area contributed by atoms with E-state index in [2.05, 4.69) is 4.74 Å². The lowest BCUT2D eigenvalue weighted by Crippen LogP contribution is -2.11. The zero-order valence-electron chi connectivity index (χ0n) is 13.3. The smallest absolute Gasteiger partial charge is 0.334 e. The summed E-state index contributed by atoms with van der Waals surface area (Å²) < 4.78 is 14.8. The summed E-state index contributed by atoms with van der Waals surface area (Å²) in [6.07, 6.45) is 1.44. The van der Waals surface area contributed by atoms with Crippen LogP contribution in [0.4, 0.5) is 0 Å². The van der Waals surface area contributed by atoms with E-state index in [9.17, 15) is 9.59 Å². The second kappa shape index (κ2) is 7.45. The molecule has 0 N–H and O–H groups in total. The molecule has 0 radical (unpaired) electrons. The standard InChI is InChI=1S/C18H18O5/c1-21-16-9-8-12-6-4-5-7-14(12)15(16)10-13(18(20)23-3)11-17(19)22-2/h4-10H,11H2,1-3H3/b13-10+. The second-order valence-corrected chi connectivity index (χ2v) is 4.82. The molecular formula is C18H18O5. The summed E-state index contributed by atoms with van der Waals surface area (Å²) in [4.78, 5) is 23.5. The molecule has 5 heteroatoms. The van der Waals surface area contributed by atoms with Crippen molar-refractivity contribution < 1.29 is 23.8 Å². The molecule has 0 spiro atoms. The first-order valence-electron chi connectivity index (χ1n) is 7.02. The van der Waals surface area contributed by atoms with Crippen LogP contribution in [0.1, 0.15) is 12.0 Å². The van der Waals surface area contributed by atoms with E-state index in [1.165, 1.54) is 14.2 Å². The summed E-state index contributed by atoms with van der Waals surface area (Å²) in [5.74, 6) is -0.485. The first kappa shape index (κ1) is 16.5. The zero-order valence-corrected chi connectivity index (χ0v) is 13.3. The summed E-state index contributed by atoms with van der Waals surface area (Å²) in [5.41, 5.74) is 0.920. The van der Waals surface area contributed by atoms with Crippen molar-refractivity contribution in [2.75, 3.05) is 21.3 Å². The number of fused-ring (bicyclic) bond motifs is 1. The van der Waals surface area contributed by atoms with Gasteiger partial charge in [0.15, 0.2) is 0 Å². The first-order valence-corrected chi connectivity index (χ1v) is 7.02. The highest BCUT2D eigenvalue weighted by molar-refractivity contribution is 6.02. The number of ether oxygens (including phenoxy) is 3. The minimum Gasteiger partial charge on any atom is -0.496 e. The molecule has 0 saturated carbocycles. The van der Waals surface area contributed by atoms with E-state index in [4.69, 9.17) is 9.47 Å². The molecule has 0 atom stereocenters. The van der Waals surface area contributed by atoms with E-state index >= 15 is 0 Å². The fourth-order valence-corrected chi connectivity index (χ4v) is 2.32. The molecule has 0 bridgehead atoms. The minimum absolute atomic E-state index is 0.171. The molecular weight excluding hydrogens is 296 g/mol. The summed E-state index contributed by atoms with van der Waals surface area (Å²) in [6, 6.07) is 11.5. The molecule has 2 rings (SSSR count). The Morgan fingerprint density at radius 2 is 1.74 bits per heavy atom. The van der Waals surface area contributed by atoms with Gasteiger partial charge in [-0.2, -0.15) is 0 Å². The number of carbonyl (C=O) groups is 2. The van der Waals surface area contributed by atoms with Gasteiger partial charge in [0.05, 0.1) is 27.8 Å². The Bertz CT molecular complexity index is 761. The van der Waals surface area contributed by atoms with Crippen molar-refractivity contribution in [2.45, 2.75) is 6.42 Å². The van der Waals surface area contributed by atoms with Crippen LogP contribution in [0.5, 0.6) is 5.75 Å². The van der Waals surface area contributed by atoms with Crippen LogP contribution in [0.25, 0.3) is 16.8 Å². The van der Waals surface area contributed by atoms with Gasteiger partial charge in [-0.1, -0.05) is 30.3 Å². The van der Waals surface area contributed by atoms with Crippen molar-refractivity contribution in [2.24, 2.45) is 0 Å². The SMILES string of the molecule is COC(=O)C/C(=C\c1c(OC)ccc2ccccc12)C(=O)OC. The van der Waals surface area contributed by atoms with Crippen LogP contribution in [0.15, 0.2) is 42.0 Å². The predicted octanol–water partition coefficient (Wildman–Crippen LogP) is 2.97. The van der Waals surface area contributed by atoms with Crippen molar-refractivity contribution in [1.29, 1.82) is 0 Å². The number of methoxy groups -OCH3 is 3. The van der Waals surface area contributed by atoms with Crippen LogP contribution in [0.2, 0.25) is 0 Å². The Morgan fingerprint density at radius 1 is 1.00 bits per heavy atom. The Labute approximate surface area is 134 Å². The largest absolute Gasteiger partial charge is 0.496 e. The summed E-state index contributed by atoms with van der Waals surface area (Å²) >= 11 is 0. The van der Waals surface area contributed by atoms with Gasteiger partial charge in [0.1, 0.15) is 5.75 Å². The van der Waals surface area contributed by atoms with Gasteiger partial charge in [-0.25, -0.2) is 4.79 Å². The summed E-state index contributed by atoms with van der Waals surface area (Å²) in [5, 5.41) is 1.92. The average Bonchev–Trinajstić information content (AvgIpc) is 2.60. The number of benzene rings is 2. The monoisotopic (exact) mass is 314 g/mol. The van der Waals surface area contributed by atoms with E-state index < -0.39 is 11.9 Å². The zero-order chi connectivity index (χ0) is 16.8. The fourth-order valence-electron chi connectivity index (χ4n) is 2.32. The van der Waals surface area contributed by atoms with Crippen LogP contribution in [0, 0.1) is 0 Å². The molecule has 0 aliphatic heterocycles. The van der Waals surface area contributed by atoms with Gasteiger partial charge >= 0.3 is 11.9 Å². The average molecular weight is 314 g/mol. The normalized spacial score (nSPS) is 11.2. The maximum absolute atomic E-state index is 12.0. The lowest BCUT2D eigenvalue weighted by molar-refractivity contribution is -0.143. The molecule has 0 aliphatic rings. The molecule has 0 unspecified atom stereocenters. The third-order valence-corrected chi connectivity index (χ3v) is 3.48. The van der Waals surface area contributed by atoms with Crippen LogP contribution in [-0.2, 0) is 19.1 Å². The van der Waals surface area contributed by atoms with E-state index in [0.29, 0.717) is 5.75 Å². The van der Waals surface area contributed by atoms with Crippen LogP contribution >= 0.6 is 0 Å². The summed E-state index contributed by atoms with van der Waals surface area (Å²) in [7, 11) is 4.10. The fraction of sp³-hybridized carbons (Fsp3) is 0.222. The van der Waals surface area contributed by atoms with Gasteiger partial charge < -0.3 is 14.2 Å². The van der Waals surface area contributed by atoms with Gasteiger partial charge in [-0.15, -0.1) is 0 Å². The van der Waals surface area contributed by atoms with Crippen LogP contribution in [0.3, 0.4) is 0 Å². The number of esters is 2. The van der Waals surface area contributed by atoms with Gasteiger partial charge in [0, 0.05) is 11.1 Å². The van der Waals surface area contributed by atoms with Crippen molar-refractivity contribution in [3.8, 4) is 5.75 Å². The topological polar surface area (TPSA) is 61.8 Å². The Balaban J connectivity index is 2.62. The first-order chi connectivity index (χ1) is 11.1. The Hall–Kier alpha value is -2.82. The van der Waals surface area contributed by atoms with Crippen molar-refractivity contribution in [3.05, 3.63) is 47.5 Å². The lowest BCUT2D eigenvalue weighted by atomic mass is 10.00. The number of hydrogen-bond donors (Lipinski definition) is 0. The highest BCUT2D eigenvalue weighted by Gasteiger charge is 2.17. The number of hydrogen-bond acceptors (Lipinski definition) is 5. The van der Waals surface area contributed by atoms with Crippen LogP contribution < -0.4 is 4.74 Å². The van der Waals surface area contributed by atoms with E-state index in [1.807, 2.05) is 36.4 Å². The molecule has 120 valence electrons. The van der Waals surface area contributed by atoms with E-state index in [-0.39, 0.29) is 12.0 Å². The number of rotatable bonds is 5. The van der Waals surface area contributed by atoms with Gasteiger partial charge in [-0.3, -0.25) is 4.79 Å². The Morgan fingerprint density at radius 3 is 2.39 bits per heavy atom. The van der Waals surface area contributed by atoms with Crippen LogP contribution in [-0.4, -0.2) is 33.3 Å². The minimum atomic E-state index is -0.578. The molecule has 0 heterocycles. The second-order valence-electron chi connectivity index (χ2n) is 4.82. The number of carbonyl (C=O) groups excluding carboxylic acids is 2. The molecule has 0 amide bonds. The lowest BCUT2D eigenvalue weighted by Gasteiger charge is -2.11. The third-order valence-electron chi connectivity index (χ3n) is 3.48. The molecule has 0 aliphatic carbocycles. The molecule has 23 heavy (non-hydrogen) atoms. The molecule has 5 nitrogen and oxygen atoms in total. The van der Waals surface area contributed by atoms with E-state index in [0.717, 1.165) is 16.3 Å². The van der Waals surface area contributed by atoms with Crippen molar-refractivity contribution >= 4 is 28.8 Å². The Kier molecular flexibility index (Phi) is 5.36. The van der Waals surface area contributed by atoms with Gasteiger partial charge in [0.2, 0.25) is 0 Å². The molecule has 0 fully saturated rings. The highest BCUT2D eigenvalue weighted by atomic mass is 16.5. The van der Waals surface area contributed by atoms with E-state index in [1.54, 1.807) is 13.2 Å². The maximum atomic E-state index is 12.0. The molecule has 0 saturated heterocycles. The van der Waals surface area contributed by atoms with Gasteiger partial charge in [-0.05, 0) is 22.9 Å². The molecule has 2 aromatic rings. The predicted molar refractivity (Wildman–Crippen MR) is 87.1 cm³/mol.